The molecule has 136 valence electrons. The van der Waals surface area contributed by atoms with Crippen LogP contribution in [-0.4, -0.2) is 32.5 Å². The van der Waals surface area contributed by atoms with Crippen molar-refractivity contribution in [1.82, 2.24) is 10.0 Å². The second kappa shape index (κ2) is 9.03. The van der Waals surface area contributed by atoms with E-state index in [9.17, 15) is 13.2 Å². The molecule has 0 aliphatic rings. The van der Waals surface area contributed by atoms with Crippen molar-refractivity contribution in [2.45, 2.75) is 70.5 Å². The van der Waals surface area contributed by atoms with Crippen LogP contribution in [0.2, 0.25) is 0 Å². The molecule has 0 aromatic heterocycles. The quantitative estimate of drug-likeness (QED) is 0.712. The lowest BCUT2D eigenvalue weighted by Crippen LogP contribution is -2.40. The van der Waals surface area contributed by atoms with E-state index in [0.717, 1.165) is 12.8 Å². The number of amides is 1. The van der Waals surface area contributed by atoms with Crippen LogP contribution < -0.4 is 14.8 Å². The molecule has 0 unspecified atom stereocenters. The average Bonchev–Trinajstić information content (AvgIpc) is 2.46. The fourth-order valence-corrected chi connectivity index (χ4v) is 3.46. The van der Waals surface area contributed by atoms with Crippen molar-refractivity contribution in [3.63, 3.8) is 0 Å². The second-order valence-electron chi connectivity index (χ2n) is 6.21. The molecule has 1 aromatic rings. The standard InChI is InChI=1S/C17H28N2O4S/c1-6-7-13(4)19-24(21,22)16-10-8-15(9-11-16)23-14(5)17(20)18-12(2)3/h8-14,19H,6-7H2,1-5H3,(H,18,20)/t13-,14+/m0/s1. The molecule has 1 amide bonds. The predicted molar refractivity (Wildman–Crippen MR) is 94.5 cm³/mol. The van der Waals surface area contributed by atoms with E-state index < -0.39 is 16.1 Å². The maximum atomic E-state index is 12.3. The normalized spacial score (nSPS) is 14.2. The third-order valence-electron chi connectivity index (χ3n) is 3.33. The molecule has 7 heteroatoms. The Morgan fingerprint density at radius 2 is 1.71 bits per heavy atom. The summed E-state index contributed by atoms with van der Waals surface area (Å²) >= 11 is 0. The topological polar surface area (TPSA) is 84.5 Å². The van der Waals surface area contributed by atoms with Gasteiger partial charge in [-0.15, -0.1) is 0 Å². The van der Waals surface area contributed by atoms with Gasteiger partial charge in [0.05, 0.1) is 4.90 Å². The van der Waals surface area contributed by atoms with Gasteiger partial charge in [0.15, 0.2) is 6.10 Å². The highest BCUT2D eigenvalue weighted by Gasteiger charge is 2.18. The molecule has 0 bridgehead atoms. The lowest BCUT2D eigenvalue weighted by atomic mass is 10.2. The Labute approximate surface area is 145 Å². The molecule has 0 heterocycles. The number of carbonyl (C=O) groups excluding carboxylic acids is 1. The molecule has 1 rings (SSSR count). The van der Waals surface area contributed by atoms with Gasteiger partial charge in [-0.2, -0.15) is 0 Å². The van der Waals surface area contributed by atoms with E-state index in [4.69, 9.17) is 4.74 Å². The summed E-state index contributed by atoms with van der Waals surface area (Å²) in [5, 5.41) is 2.76. The number of rotatable bonds is 9. The van der Waals surface area contributed by atoms with Gasteiger partial charge in [0, 0.05) is 12.1 Å². The zero-order valence-electron chi connectivity index (χ0n) is 15.0. The van der Waals surface area contributed by atoms with Gasteiger partial charge in [-0.25, -0.2) is 13.1 Å². The number of hydrogen-bond donors (Lipinski definition) is 2. The largest absolute Gasteiger partial charge is 0.481 e. The third-order valence-corrected chi connectivity index (χ3v) is 4.93. The van der Waals surface area contributed by atoms with Crippen LogP contribution >= 0.6 is 0 Å². The smallest absolute Gasteiger partial charge is 0.260 e. The van der Waals surface area contributed by atoms with Gasteiger partial charge in [-0.05, 0) is 58.4 Å². The van der Waals surface area contributed by atoms with E-state index in [1.165, 1.54) is 12.1 Å². The molecule has 2 N–H and O–H groups in total. The van der Waals surface area contributed by atoms with Crippen LogP contribution in [0.5, 0.6) is 5.75 Å². The first-order valence-electron chi connectivity index (χ1n) is 8.25. The lowest BCUT2D eigenvalue weighted by Gasteiger charge is -2.17. The maximum Gasteiger partial charge on any atom is 0.260 e. The van der Waals surface area contributed by atoms with Gasteiger partial charge in [0.2, 0.25) is 10.0 Å². The summed E-state index contributed by atoms with van der Waals surface area (Å²) in [6.07, 6.45) is 1.04. The minimum absolute atomic E-state index is 0.0345. The van der Waals surface area contributed by atoms with Gasteiger partial charge in [0.25, 0.3) is 5.91 Å². The van der Waals surface area contributed by atoms with E-state index in [1.54, 1.807) is 19.1 Å². The molecular formula is C17H28N2O4S. The van der Waals surface area contributed by atoms with E-state index in [-0.39, 0.29) is 22.9 Å². The SMILES string of the molecule is CCC[C@H](C)NS(=O)(=O)c1ccc(O[C@H](C)C(=O)NC(C)C)cc1. The molecule has 0 spiro atoms. The van der Waals surface area contributed by atoms with Crippen LogP contribution in [0, 0.1) is 0 Å². The predicted octanol–water partition coefficient (Wildman–Crippen LogP) is 2.45. The van der Waals surface area contributed by atoms with Crippen LogP contribution in [0.15, 0.2) is 29.2 Å². The Balaban J connectivity index is 2.73. The van der Waals surface area contributed by atoms with Crippen molar-refractivity contribution in [3.05, 3.63) is 24.3 Å². The highest BCUT2D eigenvalue weighted by atomic mass is 32.2. The Morgan fingerprint density at radius 3 is 2.21 bits per heavy atom. The summed E-state index contributed by atoms with van der Waals surface area (Å²) in [5.41, 5.74) is 0. The van der Waals surface area contributed by atoms with Gasteiger partial charge < -0.3 is 10.1 Å². The monoisotopic (exact) mass is 356 g/mol. The van der Waals surface area contributed by atoms with Gasteiger partial charge in [0.1, 0.15) is 5.75 Å². The molecular weight excluding hydrogens is 328 g/mol. The highest BCUT2D eigenvalue weighted by molar-refractivity contribution is 7.89. The fraction of sp³-hybridized carbons (Fsp3) is 0.588. The third kappa shape index (κ3) is 6.49. The number of benzene rings is 1. The maximum absolute atomic E-state index is 12.3. The van der Waals surface area contributed by atoms with E-state index >= 15 is 0 Å². The van der Waals surface area contributed by atoms with E-state index in [1.807, 2.05) is 27.7 Å². The summed E-state index contributed by atoms with van der Waals surface area (Å²) in [7, 11) is -3.54. The molecule has 0 radical (unpaired) electrons. The number of sulfonamides is 1. The summed E-state index contributed by atoms with van der Waals surface area (Å²) in [4.78, 5) is 12.0. The van der Waals surface area contributed by atoms with Crippen LogP contribution in [0.3, 0.4) is 0 Å². The van der Waals surface area contributed by atoms with Crippen molar-refractivity contribution in [2.75, 3.05) is 0 Å². The van der Waals surface area contributed by atoms with Gasteiger partial charge in [-0.1, -0.05) is 13.3 Å². The Morgan fingerprint density at radius 1 is 1.12 bits per heavy atom. The number of hydrogen-bond acceptors (Lipinski definition) is 4. The molecule has 1 aromatic carbocycles. The second-order valence-corrected chi connectivity index (χ2v) is 7.92. The van der Waals surface area contributed by atoms with Crippen LogP contribution in [0.1, 0.15) is 47.5 Å². The molecule has 0 saturated carbocycles. The Kier molecular flexibility index (Phi) is 7.69. The van der Waals surface area contributed by atoms with Crippen LogP contribution in [0.25, 0.3) is 0 Å². The molecule has 0 aliphatic heterocycles. The minimum atomic E-state index is -3.54. The van der Waals surface area contributed by atoms with Crippen molar-refractivity contribution in [3.8, 4) is 5.75 Å². The fourth-order valence-electron chi connectivity index (χ4n) is 2.18. The first-order valence-corrected chi connectivity index (χ1v) is 9.73. The zero-order valence-corrected chi connectivity index (χ0v) is 15.8. The van der Waals surface area contributed by atoms with E-state index in [2.05, 4.69) is 10.0 Å². The number of nitrogens with one attached hydrogen (secondary N) is 2. The molecule has 0 aliphatic carbocycles. The molecule has 6 nitrogen and oxygen atoms in total. The van der Waals surface area contributed by atoms with Crippen molar-refractivity contribution in [2.24, 2.45) is 0 Å². The first-order chi connectivity index (χ1) is 11.2. The molecule has 0 saturated heterocycles. The molecule has 2 atom stereocenters. The van der Waals surface area contributed by atoms with Crippen molar-refractivity contribution < 1.29 is 17.9 Å². The Hall–Kier alpha value is -1.60. The van der Waals surface area contributed by atoms with Crippen molar-refractivity contribution >= 4 is 15.9 Å². The van der Waals surface area contributed by atoms with Gasteiger partial charge >= 0.3 is 0 Å². The van der Waals surface area contributed by atoms with Gasteiger partial charge in [-0.3, -0.25) is 4.79 Å². The van der Waals surface area contributed by atoms with Crippen LogP contribution in [0.4, 0.5) is 0 Å². The van der Waals surface area contributed by atoms with Crippen LogP contribution in [-0.2, 0) is 14.8 Å². The van der Waals surface area contributed by atoms with E-state index in [0.29, 0.717) is 5.75 Å². The average molecular weight is 356 g/mol. The lowest BCUT2D eigenvalue weighted by molar-refractivity contribution is -0.127. The first kappa shape index (κ1) is 20.4. The summed E-state index contributed by atoms with van der Waals surface area (Å²) in [6.45, 7) is 9.24. The highest BCUT2D eigenvalue weighted by Crippen LogP contribution is 2.18. The molecule has 24 heavy (non-hydrogen) atoms. The number of carbonyl (C=O) groups is 1. The van der Waals surface area contributed by atoms with Crippen molar-refractivity contribution in [1.29, 1.82) is 0 Å². The minimum Gasteiger partial charge on any atom is -0.481 e. The number of ether oxygens (including phenoxy) is 1. The summed E-state index contributed by atoms with van der Waals surface area (Å²) in [5.74, 6) is 0.235. The Bertz CT molecular complexity index is 626. The summed E-state index contributed by atoms with van der Waals surface area (Å²) < 4.78 is 32.7. The zero-order chi connectivity index (χ0) is 18.3. The molecule has 0 fully saturated rings. The summed E-state index contributed by atoms with van der Waals surface area (Å²) in [6, 6.07) is 5.98.